The fourth-order valence-electron chi connectivity index (χ4n) is 1.58. The van der Waals surface area contributed by atoms with Crippen molar-refractivity contribution in [1.82, 2.24) is 9.78 Å². The van der Waals surface area contributed by atoms with Crippen LogP contribution in [0.15, 0.2) is 36.7 Å². The second-order valence-corrected chi connectivity index (χ2v) is 4.17. The normalized spacial score (nSPS) is 11.4. The van der Waals surface area contributed by atoms with E-state index >= 15 is 0 Å². The Hall–Kier alpha value is -2.51. The van der Waals surface area contributed by atoms with E-state index in [1.807, 2.05) is 0 Å². The van der Waals surface area contributed by atoms with Crippen LogP contribution < -0.4 is 4.74 Å². The molecule has 0 radical (unpaired) electrons. The number of rotatable bonds is 5. The van der Waals surface area contributed by atoms with Crippen molar-refractivity contribution in [3.8, 4) is 5.75 Å². The summed E-state index contributed by atoms with van der Waals surface area (Å²) in [6.07, 6.45) is -2.76. The summed E-state index contributed by atoms with van der Waals surface area (Å²) in [5.41, 5.74) is -0.683. The van der Waals surface area contributed by atoms with Gasteiger partial charge < -0.3 is 9.84 Å². The smallest absolute Gasteiger partial charge is 0.419 e. The maximum Gasteiger partial charge on any atom is 0.419 e. The van der Waals surface area contributed by atoms with Gasteiger partial charge in [0.1, 0.15) is 12.4 Å². The lowest BCUT2D eigenvalue weighted by Crippen LogP contribution is -2.09. The summed E-state index contributed by atoms with van der Waals surface area (Å²) in [5.74, 6) is -0.610. The number of benzene rings is 1. The van der Waals surface area contributed by atoms with E-state index in [0.29, 0.717) is 5.75 Å². The zero-order chi connectivity index (χ0) is 15.5. The Morgan fingerprint density at radius 1 is 1.29 bits per heavy atom. The number of nitrogens with zero attached hydrogens (tertiary/aromatic N) is 2. The molecule has 21 heavy (non-hydrogen) atoms. The fourth-order valence-corrected chi connectivity index (χ4v) is 1.58. The molecule has 2 rings (SSSR count). The van der Waals surface area contributed by atoms with Gasteiger partial charge >= 0.3 is 12.1 Å². The molecule has 0 atom stereocenters. The van der Waals surface area contributed by atoms with E-state index < -0.39 is 17.7 Å². The lowest BCUT2D eigenvalue weighted by molar-refractivity contribution is -0.137. The molecular formula is C13H11F3N2O3. The average molecular weight is 300 g/mol. The van der Waals surface area contributed by atoms with Crippen LogP contribution in [0.4, 0.5) is 13.2 Å². The first kappa shape index (κ1) is 14.9. The van der Waals surface area contributed by atoms with Crippen LogP contribution in [-0.4, -0.2) is 27.5 Å². The van der Waals surface area contributed by atoms with Crippen LogP contribution in [0.2, 0.25) is 0 Å². The van der Waals surface area contributed by atoms with Gasteiger partial charge in [0.25, 0.3) is 0 Å². The van der Waals surface area contributed by atoms with Gasteiger partial charge in [-0.15, -0.1) is 0 Å². The van der Waals surface area contributed by atoms with Crippen molar-refractivity contribution in [1.29, 1.82) is 0 Å². The number of carboxylic acid groups (broad SMARTS) is 1. The van der Waals surface area contributed by atoms with Crippen molar-refractivity contribution in [2.24, 2.45) is 0 Å². The SMILES string of the molecule is O=C(O)c1ccc(OCCn2cc(C(F)(F)F)cn2)cc1. The number of ether oxygens (including phenoxy) is 1. The van der Waals surface area contributed by atoms with Crippen LogP contribution in [0, 0.1) is 0 Å². The van der Waals surface area contributed by atoms with Gasteiger partial charge in [-0.2, -0.15) is 18.3 Å². The minimum atomic E-state index is -4.41. The number of carbonyl (C=O) groups is 1. The van der Waals surface area contributed by atoms with E-state index in [9.17, 15) is 18.0 Å². The van der Waals surface area contributed by atoms with Crippen LogP contribution in [0.25, 0.3) is 0 Å². The monoisotopic (exact) mass is 300 g/mol. The Labute approximate surface area is 117 Å². The minimum Gasteiger partial charge on any atom is -0.492 e. The largest absolute Gasteiger partial charge is 0.492 e. The molecule has 0 bridgehead atoms. The molecule has 2 aromatic rings. The molecule has 0 amide bonds. The van der Waals surface area contributed by atoms with Crippen molar-refractivity contribution < 1.29 is 27.8 Å². The molecule has 1 heterocycles. The second kappa shape index (κ2) is 5.86. The molecule has 0 aliphatic heterocycles. The Morgan fingerprint density at radius 3 is 2.48 bits per heavy atom. The Bertz CT molecular complexity index is 620. The molecule has 8 heteroatoms. The first-order chi connectivity index (χ1) is 9.86. The first-order valence-electron chi connectivity index (χ1n) is 5.92. The van der Waals surface area contributed by atoms with E-state index in [1.165, 1.54) is 24.3 Å². The van der Waals surface area contributed by atoms with Crippen LogP contribution in [0.3, 0.4) is 0 Å². The summed E-state index contributed by atoms with van der Waals surface area (Å²) in [7, 11) is 0. The number of halogens is 3. The molecule has 112 valence electrons. The fraction of sp³-hybridized carbons (Fsp3) is 0.231. The average Bonchev–Trinajstić information content (AvgIpc) is 2.88. The van der Waals surface area contributed by atoms with E-state index in [2.05, 4.69) is 5.10 Å². The summed E-state index contributed by atoms with van der Waals surface area (Å²) in [5, 5.41) is 12.3. The molecule has 0 fully saturated rings. The molecular weight excluding hydrogens is 289 g/mol. The van der Waals surface area contributed by atoms with E-state index in [1.54, 1.807) is 0 Å². The third-order valence-electron chi connectivity index (χ3n) is 2.65. The third-order valence-corrected chi connectivity index (χ3v) is 2.65. The van der Waals surface area contributed by atoms with E-state index in [-0.39, 0.29) is 18.7 Å². The highest BCUT2D eigenvalue weighted by atomic mass is 19.4. The van der Waals surface area contributed by atoms with Crippen LogP contribution >= 0.6 is 0 Å². The molecule has 1 N–H and O–H groups in total. The van der Waals surface area contributed by atoms with Gasteiger partial charge in [0.2, 0.25) is 0 Å². The van der Waals surface area contributed by atoms with E-state index in [4.69, 9.17) is 9.84 Å². The van der Waals surface area contributed by atoms with Gasteiger partial charge in [-0.1, -0.05) is 0 Å². The Kier molecular flexibility index (Phi) is 4.15. The van der Waals surface area contributed by atoms with Gasteiger partial charge in [0.15, 0.2) is 0 Å². The quantitative estimate of drug-likeness (QED) is 0.922. The molecule has 0 spiro atoms. The van der Waals surface area contributed by atoms with Crippen molar-refractivity contribution >= 4 is 5.97 Å². The lowest BCUT2D eigenvalue weighted by atomic mass is 10.2. The topological polar surface area (TPSA) is 64.3 Å². The highest BCUT2D eigenvalue weighted by molar-refractivity contribution is 5.87. The lowest BCUT2D eigenvalue weighted by Gasteiger charge is -2.06. The zero-order valence-electron chi connectivity index (χ0n) is 10.7. The summed E-state index contributed by atoms with van der Waals surface area (Å²) >= 11 is 0. The number of alkyl halides is 3. The number of hydrogen-bond acceptors (Lipinski definition) is 3. The molecule has 0 saturated heterocycles. The zero-order valence-corrected chi connectivity index (χ0v) is 10.7. The maximum absolute atomic E-state index is 12.4. The third kappa shape index (κ3) is 3.98. The molecule has 0 aliphatic carbocycles. The highest BCUT2D eigenvalue weighted by Gasteiger charge is 2.32. The van der Waals surface area contributed by atoms with Gasteiger partial charge in [0.05, 0.1) is 23.9 Å². The van der Waals surface area contributed by atoms with Gasteiger partial charge in [-0.3, -0.25) is 4.68 Å². The van der Waals surface area contributed by atoms with E-state index in [0.717, 1.165) is 17.1 Å². The molecule has 0 unspecified atom stereocenters. The van der Waals surface area contributed by atoms with Crippen LogP contribution in [0.5, 0.6) is 5.75 Å². The predicted molar refractivity (Wildman–Crippen MR) is 66.1 cm³/mol. The summed E-state index contributed by atoms with van der Waals surface area (Å²) in [6.45, 7) is 0.266. The molecule has 0 aliphatic rings. The molecule has 5 nitrogen and oxygen atoms in total. The number of carboxylic acids is 1. The number of aromatic carboxylic acids is 1. The molecule has 0 saturated carbocycles. The Morgan fingerprint density at radius 2 is 1.95 bits per heavy atom. The standard InChI is InChI=1S/C13H11F3N2O3/c14-13(15,16)10-7-17-18(8-10)5-6-21-11-3-1-9(2-4-11)12(19)20/h1-4,7-8H,5-6H2,(H,19,20). The van der Waals surface area contributed by atoms with Crippen molar-refractivity contribution in [3.05, 3.63) is 47.8 Å². The van der Waals surface area contributed by atoms with Gasteiger partial charge in [-0.05, 0) is 24.3 Å². The summed E-state index contributed by atoms with van der Waals surface area (Å²) < 4.78 is 43.5. The maximum atomic E-state index is 12.4. The number of aromatic nitrogens is 2. The first-order valence-corrected chi connectivity index (χ1v) is 5.92. The summed E-state index contributed by atoms with van der Waals surface area (Å²) in [6, 6.07) is 5.72. The van der Waals surface area contributed by atoms with Crippen LogP contribution in [0.1, 0.15) is 15.9 Å². The highest BCUT2D eigenvalue weighted by Crippen LogP contribution is 2.28. The molecule has 1 aromatic carbocycles. The summed E-state index contributed by atoms with van der Waals surface area (Å²) in [4.78, 5) is 10.7. The van der Waals surface area contributed by atoms with Crippen molar-refractivity contribution in [2.45, 2.75) is 12.7 Å². The second-order valence-electron chi connectivity index (χ2n) is 4.17. The van der Waals surface area contributed by atoms with Crippen LogP contribution in [-0.2, 0) is 12.7 Å². The minimum absolute atomic E-state index is 0.116. The number of hydrogen-bond donors (Lipinski definition) is 1. The van der Waals surface area contributed by atoms with Crippen molar-refractivity contribution in [3.63, 3.8) is 0 Å². The molecule has 1 aromatic heterocycles. The predicted octanol–water partition coefficient (Wildman–Crippen LogP) is 2.68. The Balaban J connectivity index is 1.86. The van der Waals surface area contributed by atoms with Crippen molar-refractivity contribution in [2.75, 3.05) is 6.61 Å². The van der Waals surface area contributed by atoms with Gasteiger partial charge in [-0.25, -0.2) is 4.79 Å². The van der Waals surface area contributed by atoms with Gasteiger partial charge in [0, 0.05) is 6.20 Å².